The third-order valence-electron chi connectivity index (χ3n) is 10.0. The second-order valence-electron chi connectivity index (χ2n) is 14.9. The lowest BCUT2D eigenvalue weighted by Crippen LogP contribution is -2.70. The molecule has 5 atom stereocenters. The van der Waals surface area contributed by atoms with E-state index in [1.54, 1.807) is 6.08 Å². The molecule has 0 unspecified atom stereocenters. The summed E-state index contributed by atoms with van der Waals surface area (Å²) < 4.78 is 31.9. The number of nitrogens with one attached hydrogen (secondary N) is 1. The van der Waals surface area contributed by atoms with Crippen molar-refractivity contribution in [3.63, 3.8) is 0 Å². The highest BCUT2D eigenvalue weighted by Crippen LogP contribution is 2.38. The van der Waals surface area contributed by atoms with Crippen LogP contribution in [0.4, 0.5) is 0 Å². The molecule has 5 aromatic rings. The van der Waals surface area contributed by atoms with Crippen LogP contribution in [0.25, 0.3) is 10.8 Å². The van der Waals surface area contributed by atoms with Crippen molar-refractivity contribution in [1.82, 2.24) is 5.32 Å². The summed E-state index contributed by atoms with van der Waals surface area (Å²) in [6, 6.07) is 43.9. The highest BCUT2D eigenvalue weighted by molar-refractivity contribution is 6.99. The first-order chi connectivity index (χ1) is 26.9. The molecule has 1 heterocycles. The van der Waals surface area contributed by atoms with Crippen LogP contribution in [0.5, 0.6) is 0 Å². The molecule has 11 heteroatoms. The molecular formula is C45H48Cl3NO6Si. The molecule has 1 aliphatic heterocycles. The van der Waals surface area contributed by atoms with E-state index in [0.717, 1.165) is 32.3 Å². The number of alkyl halides is 3. The fraction of sp³-hybridized carbons (Fsp3) is 0.311. The molecule has 0 bridgehead atoms. The summed E-state index contributed by atoms with van der Waals surface area (Å²) in [5.74, 6) is -0.855. The van der Waals surface area contributed by atoms with Crippen LogP contribution < -0.4 is 15.7 Å². The van der Waals surface area contributed by atoms with Gasteiger partial charge in [0.15, 0.2) is 6.29 Å². The van der Waals surface area contributed by atoms with Gasteiger partial charge in [0, 0.05) is 0 Å². The van der Waals surface area contributed by atoms with Crippen LogP contribution in [0.3, 0.4) is 0 Å². The Balaban J connectivity index is 1.44. The van der Waals surface area contributed by atoms with Gasteiger partial charge in [0.1, 0.15) is 24.4 Å². The van der Waals surface area contributed by atoms with Crippen molar-refractivity contribution in [1.29, 1.82) is 0 Å². The normalized spacial score (nSPS) is 20.4. The van der Waals surface area contributed by atoms with Crippen LogP contribution in [-0.4, -0.2) is 61.9 Å². The van der Waals surface area contributed by atoms with Crippen molar-refractivity contribution in [2.75, 3.05) is 13.2 Å². The van der Waals surface area contributed by atoms with Crippen LogP contribution in [0.1, 0.15) is 31.9 Å². The predicted octanol–water partition coefficient (Wildman–Crippen LogP) is 8.67. The highest BCUT2D eigenvalue weighted by atomic mass is 35.6. The van der Waals surface area contributed by atoms with Crippen molar-refractivity contribution < 1.29 is 28.2 Å². The largest absolute Gasteiger partial charge is 0.405 e. The number of ether oxygens (including phenoxy) is 4. The van der Waals surface area contributed by atoms with Crippen LogP contribution >= 0.6 is 34.8 Å². The SMILES string of the molecule is C=CCO[C@@H]1O[C@@H](CO[Si](c2ccccc2)(c2ccccc2)C(C)(C)C)[C@H](OCc2ccc3ccccc3c2)[C@H](OCc2ccccc2)[C@H]1NC(=O)C(Cl)(Cl)Cl. The molecule has 0 aromatic heterocycles. The fourth-order valence-electron chi connectivity index (χ4n) is 7.39. The van der Waals surface area contributed by atoms with Gasteiger partial charge >= 0.3 is 0 Å². The zero-order valence-corrected chi connectivity index (χ0v) is 35.1. The second-order valence-corrected chi connectivity index (χ2v) is 21.4. The van der Waals surface area contributed by atoms with Gasteiger partial charge in [-0.3, -0.25) is 4.79 Å². The second kappa shape index (κ2) is 18.8. The van der Waals surface area contributed by atoms with Crippen LogP contribution in [0, 0.1) is 0 Å². The quantitative estimate of drug-likeness (QED) is 0.0647. The lowest BCUT2D eigenvalue weighted by Gasteiger charge is -2.48. The maximum Gasteiger partial charge on any atom is 0.272 e. The molecular weight excluding hydrogens is 785 g/mol. The Kier molecular flexibility index (Phi) is 14.1. The van der Waals surface area contributed by atoms with Crippen LogP contribution in [0.15, 0.2) is 146 Å². The number of halogens is 3. The molecule has 1 N–H and O–H groups in total. The van der Waals surface area contributed by atoms with Gasteiger partial charge < -0.3 is 28.7 Å². The third kappa shape index (κ3) is 9.93. The number of carbonyl (C=O) groups excluding carboxylic acids is 1. The molecule has 6 rings (SSSR count). The molecule has 0 radical (unpaired) electrons. The fourth-order valence-corrected chi connectivity index (χ4v) is 12.1. The van der Waals surface area contributed by atoms with Gasteiger partial charge in [-0.15, -0.1) is 6.58 Å². The summed E-state index contributed by atoms with van der Waals surface area (Å²) in [5.41, 5.74) is 1.87. The Morgan fingerprint density at radius 1 is 0.732 bits per heavy atom. The van der Waals surface area contributed by atoms with E-state index in [4.69, 9.17) is 58.2 Å². The van der Waals surface area contributed by atoms with Gasteiger partial charge in [-0.2, -0.15) is 0 Å². The molecule has 1 aliphatic rings. The first-order valence-electron chi connectivity index (χ1n) is 18.7. The summed E-state index contributed by atoms with van der Waals surface area (Å²) in [6.07, 6.45) is -1.85. The standard InChI is InChI=1S/C45H48Cl3NO6Si/c1-5-27-51-42-39(49-43(50)45(46,47)48)41(53-29-32-17-9-6-10-18-32)40(52-30-33-25-26-34-19-15-16-20-35(34)28-33)38(55-42)31-54-56(44(2,3)4,36-21-11-7-12-22-36)37-23-13-8-14-24-37/h5-26,28,38-42H,1,27,29-31H2,2-4H3,(H,49,50)/t38-,39+,40-,41+,42+/m0/s1. The summed E-state index contributed by atoms with van der Waals surface area (Å²) in [7, 11) is -3.04. The topological polar surface area (TPSA) is 75.2 Å². The van der Waals surface area contributed by atoms with Gasteiger partial charge in [-0.1, -0.05) is 189 Å². The Bertz CT molecular complexity index is 1990. The summed E-state index contributed by atoms with van der Waals surface area (Å²) in [6.45, 7) is 11.1. The van der Waals surface area contributed by atoms with E-state index in [-0.39, 0.29) is 31.5 Å². The molecule has 1 amide bonds. The maximum absolute atomic E-state index is 13.4. The number of benzene rings is 5. The molecule has 294 valence electrons. The van der Waals surface area contributed by atoms with Crippen molar-refractivity contribution >= 4 is 70.2 Å². The Morgan fingerprint density at radius 2 is 1.29 bits per heavy atom. The van der Waals surface area contributed by atoms with E-state index in [1.165, 1.54) is 0 Å². The van der Waals surface area contributed by atoms with Crippen molar-refractivity contribution in [2.45, 2.75) is 73.5 Å². The molecule has 1 saturated heterocycles. The van der Waals surface area contributed by atoms with E-state index in [2.05, 4.69) is 81.2 Å². The zero-order chi connectivity index (χ0) is 39.8. The summed E-state index contributed by atoms with van der Waals surface area (Å²) in [4.78, 5) is 13.4. The molecule has 1 fully saturated rings. The summed E-state index contributed by atoms with van der Waals surface area (Å²) >= 11 is 18.4. The first-order valence-corrected chi connectivity index (χ1v) is 21.7. The highest BCUT2D eigenvalue weighted by Gasteiger charge is 2.54. The minimum atomic E-state index is -3.04. The monoisotopic (exact) mass is 831 g/mol. The first kappa shape index (κ1) is 42.1. The molecule has 5 aromatic carbocycles. The number of hydrogen-bond donors (Lipinski definition) is 1. The number of hydrogen-bond acceptors (Lipinski definition) is 6. The average molecular weight is 833 g/mol. The minimum Gasteiger partial charge on any atom is -0.405 e. The van der Waals surface area contributed by atoms with E-state index < -0.39 is 48.7 Å². The molecule has 0 spiro atoms. The Labute approximate surface area is 345 Å². The van der Waals surface area contributed by atoms with E-state index in [9.17, 15) is 4.79 Å². The molecule has 56 heavy (non-hydrogen) atoms. The van der Waals surface area contributed by atoms with E-state index >= 15 is 0 Å². The smallest absolute Gasteiger partial charge is 0.272 e. The maximum atomic E-state index is 13.4. The third-order valence-corrected chi connectivity index (χ3v) is 15.5. The van der Waals surface area contributed by atoms with Gasteiger partial charge in [0.25, 0.3) is 18.0 Å². The lowest BCUT2D eigenvalue weighted by atomic mass is 9.96. The van der Waals surface area contributed by atoms with Gasteiger partial charge in [-0.05, 0) is 43.4 Å². The van der Waals surface area contributed by atoms with Gasteiger partial charge in [-0.25, -0.2) is 0 Å². The van der Waals surface area contributed by atoms with Gasteiger partial charge in [0.05, 0.1) is 26.4 Å². The van der Waals surface area contributed by atoms with Crippen molar-refractivity contribution in [3.8, 4) is 0 Å². The van der Waals surface area contributed by atoms with Crippen LogP contribution in [0.2, 0.25) is 5.04 Å². The lowest BCUT2D eigenvalue weighted by molar-refractivity contribution is -0.284. The molecule has 0 saturated carbocycles. The molecule has 7 nitrogen and oxygen atoms in total. The number of carbonyl (C=O) groups is 1. The Hall–Kier alpha value is -3.54. The van der Waals surface area contributed by atoms with Crippen LogP contribution in [-0.2, 0) is 41.4 Å². The predicted molar refractivity (Wildman–Crippen MR) is 228 cm³/mol. The Morgan fingerprint density at radius 3 is 1.88 bits per heavy atom. The number of rotatable bonds is 15. The average Bonchev–Trinajstić information content (AvgIpc) is 3.19. The number of amides is 1. The van der Waals surface area contributed by atoms with E-state index in [1.807, 2.05) is 84.9 Å². The van der Waals surface area contributed by atoms with Gasteiger partial charge in [0.2, 0.25) is 0 Å². The summed E-state index contributed by atoms with van der Waals surface area (Å²) in [5, 5.41) is 7.00. The van der Waals surface area contributed by atoms with Crippen molar-refractivity contribution in [3.05, 3.63) is 157 Å². The number of fused-ring (bicyclic) bond motifs is 1. The van der Waals surface area contributed by atoms with Crippen molar-refractivity contribution in [2.24, 2.45) is 0 Å². The zero-order valence-electron chi connectivity index (χ0n) is 31.8. The van der Waals surface area contributed by atoms with E-state index in [0.29, 0.717) is 0 Å². The molecule has 0 aliphatic carbocycles. The minimum absolute atomic E-state index is 0.111.